The van der Waals surface area contributed by atoms with Gasteiger partial charge in [0.25, 0.3) is 5.91 Å². The van der Waals surface area contributed by atoms with E-state index in [2.05, 4.69) is 5.32 Å². The molecule has 2 aliphatic heterocycles. The lowest BCUT2D eigenvalue weighted by molar-refractivity contribution is -0.137. The first kappa shape index (κ1) is 27.8. The van der Waals surface area contributed by atoms with E-state index in [4.69, 9.17) is 4.42 Å². The number of benzene rings is 2. The molecule has 10 heteroatoms. The number of likely N-dealkylation sites (tertiary alicyclic amines) is 2. The zero-order valence-corrected chi connectivity index (χ0v) is 22.6. The van der Waals surface area contributed by atoms with E-state index in [1.807, 2.05) is 28.9 Å². The highest BCUT2D eigenvalue weighted by atomic mass is 19.4. The van der Waals surface area contributed by atoms with Crippen molar-refractivity contribution in [2.75, 3.05) is 33.2 Å². The second kappa shape index (κ2) is 11.4. The molecule has 2 atom stereocenters. The van der Waals surface area contributed by atoms with Crippen molar-refractivity contribution >= 4 is 11.9 Å². The maximum atomic E-state index is 13.2. The van der Waals surface area contributed by atoms with Crippen molar-refractivity contribution in [3.05, 3.63) is 83.3 Å². The monoisotopic (exact) mass is 554 g/mol. The van der Waals surface area contributed by atoms with Gasteiger partial charge in [-0.1, -0.05) is 24.3 Å². The van der Waals surface area contributed by atoms with Crippen LogP contribution in [0.25, 0.3) is 11.1 Å². The number of aryl methyl sites for hydroxylation is 1. The van der Waals surface area contributed by atoms with E-state index in [-0.39, 0.29) is 24.0 Å². The summed E-state index contributed by atoms with van der Waals surface area (Å²) in [7, 11) is 1.75. The number of hydrogen-bond acceptors (Lipinski definition) is 4. The van der Waals surface area contributed by atoms with Crippen molar-refractivity contribution in [1.29, 1.82) is 0 Å². The molecule has 40 heavy (non-hydrogen) atoms. The van der Waals surface area contributed by atoms with Gasteiger partial charge in [-0.2, -0.15) is 13.2 Å². The number of likely N-dealkylation sites (N-methyl/N-ethyl adjacent to an activating group) is 1. The van der Waals surface area contributed by atoms with Gasteiger partial charge in [0, 0.05) is 44.8 Å². The van der Waals surface area contributed by atoms with Crippen LogP contribution in [-0.4, -0.2) is 71.9 Å². The minimum atomic E-state index is -4.38. The SMILES string of the molecule is Cc1ccc(CN[C@@H]2CCN(C(=O)N3CC[C@H](N(C)C(=O)c4ccc(-c5ccc(C(F)(F)F)cc5)cc4)C3)C2)o1. The summed E-state index contributed by atoms with van der Waals surface area (Å²) in [5, 5.41) is 3.47. The number of hydrogen-bond donors (Lipinski definition) is 1. The van der Waals surface area contributed by atoms with Crippen molar-refractivity contribution in [1.82, 2.24) is 20.0 Å². The predicted octanol–water partition coefficient (Wildman–Crippen LogP) is 5.40. The van der Waals surface area contributed by atoms with Crippen molar-refractivity contribution < 1.29 is 27.2 Å². The molecule has 0 saturated carbocycles. The molecule has 3 aromatic rings. The molecule has 0 unspecified atom stereocenters. The number of amides is 3. The first-order valence-corrected chi connectivity index (χ1v) is 13.5. The molecule has 0 spiro atoms. The lowest BCUT2D eigenvalue weighted by Gasteiger charge is -2.27. The van der Waals surface area contributed by atoms with E-state index in [0.29, 0.717) is 50.3 Å². The van der Waals surface area contributed by atoms with E-state index in [1.54, 1.807) is 36.2 Å². The van der Waals surface area contributed by atoms with E-state index in [9.17, 15) is 22.8 Å². The summed E-state index contributed by atoms with van der Waals surface area (Å²) < 4.78 is 44.1. The molecule has 2 fully saturated rings. The third kappa shape index (κ3) is 6.17. The topological polar surface area (TPSA) is 69.0 Å². The van der Waals surface area contributed by atoms with Gasteiger partial charge in [0.05, 0.1) is 18.2 Å². The summed E-state index contributed by atoms with van der Waals surface area (Å²) in [6, 6.07) is 15.8. The Kier molecular flexibility index (Phi) is 7.89. The van der Waals surface area contributed by atoms with Crippen LogP contribution < -0.4 is 5.32 Å². The Hall–Kier alpha value is -3.79. The lowest BCUT2D eigenvalue weighted by atomic mass is 10.0. The van der Waals surface area contributed by atoms with Crippen LogP contribution >= 0.6 is 0 Å². The highest BCUT2D eigenvalue weighted by Crippen LogP contribution is 2.31. The van der Waals surface area contributed by atoms with Crippen molar-refractivity contribution in [2.24, 2.45) is 0 Å². The molecule has 0 bridgehead atoms. The summed E-state index contributed by atoms with van der Waals surface area (Å²) >= 11 is 0. The van der Waals surface area contributed by atoms with E-state index < -0.39 is 11.7 Å². The Morgan fingerprint density at radius 2 is 1.55 bits per heavy atom. The second-order valence-electron chi connectivity index (χ2n) is 10.6. The van der Waals surface area contributed by atoms with E-state index in [0.717, 1.165) is 35.6 Å². The fourth-order valence-electron chi connectivity index (χ4n) is 5.38. The van der Waals surface area contributed by atoms with E-state index >= 15 is 0 Å². The molecule has 0 radical (unpaired) electrons. The maximum Gasteiger partial charge on any atom is 0.416 e. The molecular weight excluding hydrogens is 521 g/mol. The van der Waals surface area contributed by atoms with Gasteiger partial charge < -0.3 is 24.4 Å². The Labute approximate surface area is 231 Å². The quantitative estimate of drug-likeness (QED) is 0.443. The van der Waals surface area contributed by atoms with Gasteiger partial charge in [0.1, 0.15) is 11.5 Å². The molecule has 3 heterocycles. The van der Waals surface area contributed by atoms with Crippen LogP contribution in [0.3, 0.4) is 0 Å². The average molecular weight is 555 g/mol. The van der Waals surface area contributed by atoms with Gasteiger partial charge in [-0.05, 0) is 67.3 Å². The fourth-order valence-corrected chi connectivity index (χ4v) is 5.38. The molecule has 7 nitrogen and oxygen atoms in total. The molecule has 3 amide bonds. The number of alkyl halides is 3. The van der Waals surface area contributed by atoms with Crippen LogP contribution in [0.1, 0.15) is 40.3 Å². The summed E-state index contributed by atoms with van der Waals surface area (Å²) in [4.78, 5) is 31.7. The normalized spacial score (nSPS) is 19.3. The molecule has 1 aromatic heterocycles. The fraction of sp³-hybridized carbons (Fsp3) is 0.400. The van der Waals surface area contributed by atoms with Crippen molar-refractivity contribution in [3.63, 3.8) is 0 Å². The summed E-state index contributed by atoms with van der Waals surface area (Å²) in [6.45, 7) is 4.94. The first-order chi connectivity index (χ1) is 19.1. The smallest absolute Gasteiger partial charge is 0.416 e. The molecule has 0 aliphatic carbocycles. The molecular formula is C30H33F3N4O3. The third-order valence-corrected chi connectivity index (χ3v) is 7.80. The molecule has 1 N–H and O–H groups in total. The molecule has 2 aromatic carbocycles. The van der Waals surface area contributed by atoms with Crippen LogP contribution in [0, 0.1) is 6.92 Å². The number of rotatable bonds is 6. The van der Waals surface area contributed by atoms with Gasteiger partial charge >= 0.3 is 12.2 Å². The number of carbonyl (C=O) groups excluding carboxylic acids is 2. The lowest BCUT2D eigenvalue weighted by Crippen LogP contribution is -2.45. The number of carbonyl (C=O) groups is 2. The Morgan fingerprint density at radius 3 is 2.17 bits per heavy atom. The molecule has 212 valence electrons. The second-order valence-corrected chi connectivity index (χ2v) is 10.6. The number of nitrogens with zero attached hydrogens (tertiary/aromatic N) is 3. The number of urea groups is 1. The van der Waals surface area contributed by atoms with E-state index in [1.165, 1.54) is 12.1 Å². The number of nitrogens with one attached hydrogen (secondary N) is 1. The highest BCUT2D eigenvalue weighted by Gasteiger charge is 2.36. The average Bonchev–Trinajstić information content (AvgIpc) is 3.72. The molecule has 2 saturated heterocycles. The zero-order chi connectivity index (χ0) is 28.4. The Balaban J connectivity index is 1.12. The molecule has 5 rings (SSSR count). The highest BCUT2D eigenvalue weighted by molar-refractivity contribution is 5.95. The first-order valence-electron chi connectivity index (χ1n) is 13.5. The summed E-state index contributed by atoms with van der Waals surface area (Å²) in [5.74, 6) is 1.60. The van der Waals surface area contributed by atoms with Crippen molar-refractivity contribution in [3.8, 4) is 11.1 Å². The van der Waals surface area contributed by atoms with Crippen LogP contribution in [0.4, 0.5) is 18.0 Å². The summed E-state index contributed by atoms with van der Waals surface area (Å²) in [5.41, 5.74) is 1.15. The van der Waals surface area contributed by atoms with Gasteiger partial charge in [0.15, 0.2) is 0 Å². The van der Waals surface area contributed by atoms with Gasteiger partial charge in [-0.25, -0.2) is 4.79 Å². The van der Waals surface area contributed by atoms with Crippen LogP contribution in [0.5, 0.6) is 0 Å². The van der Waals surface area contributed by atoms with Gasteiger partial charge in [-0.15, -0.1) is 0 Å². The van der Waals surface area contributed by atoms with Gasteiger partial charge in [0.2, 0.25) is 0 Å². The maximum absolute atomic E-state index is 13.2. The largest absolute Gasteiger partial charge is 0.465 e. The molecule has 2 aliphatic rings. The number of halogens is 3. The predicted molar refractivity (Wildman–Crippen MR) is 145 cm³/mol. The number of furan rings is 1. The third-order valence-electron chi connectivity index (χ3n) is 7.80. The standard InChI is InChI=1S/C30H33F3N4O3/c1-20-3-12-27(40-20)17-34-25-13-15-36(18-25)29(39)37-16-14-26(19-37)35(2)28(38)23-6-4-21(5-7-23)22-8-10-24(11-9-22)30(31,32)33/h3-12,25-26,34H,13-19H2,1-2H3/t25-,26+/m1/s1. The van der Waals surface area contributed by atoms with Crippen LogP contribution in [0.15, 0.2) is 65.1 Å². The van der Waals surface area contributed by atoms with Gasteiger partial charge in [-0.3, -0.25) is 4.79 Å². The summed E-state index contributed by atoms with van der Waals surface area (Å²) in [6.07, 6.45) is -2.80. The van der Waals surface area contributed by atoms with Crippen molar-refractivity contribution in [2.45, 2.75) is 44.6 Å². The zero-order valence-electron chi connectivity index (χ0n) is 22.6. The Bertz CT molecular complexity index is 1340. The van der Waals surface area contributed by atoms with Crippen LogP contribution in [-0.2, 0) is 12.7 Å². The Morgan fingerprint density at radius 1 is 0.925 bits per heavy atom. The minimum Gasteiger partial charge on any atom is -0.465 e. The van der Waals surface area contributed by atoms with Crippen LogP contribution in [0.2, 0.25) is 0 Å². The minimum absolute atomic E-state index is 0.00221.